The van der Waals surface area contributed by atoms with Gasteiger partial charge in [0, 0.05) is 27.2 Å². The molecule has 4 aromatic rings. The van der Waals surface area contributed by atoms with E-state index in [1.54, 1.807) is 28.7 Å². The van der Waals surface area contributed by atoms with Crippen LogP contribution in [-0.4, -0.2) is 11.9 Å². The minimum absolute atomic E-state index is 0.0684. The zero-order chi connectivity index (χ0) is 25.8. The standard InChI is InChI=1S/C29H27F3N2OS2/c30-29(31,32)22-5-1-4-21(16-22)20-11-9-19(10-12-20)17-33-25-7-2-6-24(25)28(35)34-18-23-13-14-27(37-23)26-8-3-15-36-26/h1,3-5,8-16,24-25,33H,2,6-7,17-18H2,(H,34,35)/t24-,25-/m0/s1. The van der Waals surface area contributed by atoms with Crippen LogP contribution in [0.2, 0.25) is 0 Å². The lowest BCUT2D eigenvalue weighted by Gasteiger charge is -2.20. The molecule has 2 heterocycles. The van der Waals surface area contributed by atoms with Crippen molar-refractivity contribution in [1.29, 1.82) is 0 Å². The molecule has 2 aromatic heterocycles. The summed E-state index contributed by atoms with van der Waals surface area (Å²) in [7, 11) is 0. The monoisotopic (exact) mass is 540 g/mol. The van der Waals surface area contributed by atoms with Gasteiger partial charge >= 0.3 is 6.18 Å². The molecule has 1 amide bonds. The summed E-state index contributed by atoms with van der Waals surface area (Å²) >= 11 is 3.42. The fourth-order valence-corrected chi connectivity index (χ4v) is 6.57. The molecular weight excluding hydrogens is 513 g/mol. The van der Waals surface area contributed by atoms with Gasteiger partial charge in [-0.3, -0.25) is 4.79 Å². The minimum atomic E-state index is -4.36. The van der Waals surface area contributed by atoms with E-state index >= 15 is 0 Å². The molecule has 3 nitrogen and oxygen atoms in total. The maximum atomic E-state index is 13.0. The number of nitrogens with one attached hydrogen (secondary N) is 2. The van der Waals surface area contributed by atoms with E-state index in [-0.39, 0.29) is 17.9 Å². The van der Waals surface area contributed by atoms with Crippen LogP contribution >= 0.6 is 22.7 Å². The number of rotatable bonds is 8. The highest BCUT2D eigenvalue weighted by Gasteiger charge is 2.32. The lowest BCUT2D eigenvalue weighted by Crippen LogP contribution is -2.41. The van der Waals surface area contributed by atoms with Crippen molar-refractivity contribution in [2.24, 2.45) is 5.92 Å². The van der Waals surface area contributed by atoms with Gasteiger partial charge in [0.1, 0.15) is 0 Å². The highest BCUT2D eigenvalue weighted by molar-refractivity contribution is 7.21. The summed E-state index contributed by atoms with van der Waals surface area (Å²) in [6.07, 6.45) is -1.54. The summed E-state index contributed by atoms with van der Waals surface area (Å²) in [5.41, 5.74) is 1.66. The Morgan fingerprint density at radius 2 is 1.73 bits per heavy atom. The Morgan fingerprint density at radius 3 is 2.49 bits per heavy atom. The van der Waals surface area contributed by atoms with E-state index in [2.05, 4.69) is 34.2 Å². The topological polar surface area (TPSA) is 41.1 Å². The third kappa shape index (κ3) is 6.32. The van der Waals surface area contributed by atoms with Crippen LogP contribution in [0.1, 0.15) is 35.3 Å². The number of hydrogen-bond donors (Lipinski definition) is 2. The second kappa shape index (κ2) is 11.2. The Kier molecular flexibility index (Phi) is 7.79. The largest absolute Gasteiger partial charge is 0.416 e. The van der Waals surface area contributed by atoms with Crippen molar-refractivity contribution in [1.82, 2.24) is 10.6 Å². The van der Waals surface area contributed by atoms with Gasteiger partial charge in [-0.25, -0.2) is 0 Å². The van der Waals surface area contributed by atoms with Crippen LogP contribution < -0.4 is 10.6 Å². The summed E-state index contributed by atoms with van der Waals surface area (Å²) in [5, 5.41) is 8.72. The zero-order valence-corrected chi connectivity index (χ0v) is 21.7. The van der Waals surface area contributed by atoms with Crippen LogP contribution in [0.25, 0.3) is 20.9 Å². The number of amides is 1. The lowest BCUT2D eigenvalue weighted by atomic mass is 10.0. The van der Waals surface area contributed by atoms with Gasteiger partial charge in [0.25, 0.3) is 0 Å². The Balaban J connectivity index is 1.14. The molecule has 0 unspecified atom stereocenters. The second-order valence-electron chi connectivity index (χ2n) is 9.26. The van der Waals surface area contributed by atoms with E-state index in [0.717, 1.165) is 41.3 Å². The molecule has 1 saturated carbocycles. The Bertz CT molecular complexity index is 1330. The average molecular weight is 541 g/mol. The van der Waals surface area contributed by atoms with Crippen LogP contribution in [0, 0.1) is 5.92 Å². The number of benzene rings is 2. The molecule has 1 aliphatic carbocycles. The first-order valence-electron chi connectivity index (χ1n) is 12.3. The van der Waals surface area contributed by atoms with E-state index < -0.39 is 11.7 Å². The quantitative estimate of drug-likeness (QED) is 0.240. The maximum Gasteiger partial charge on any atom is 0.416 e. The summed E-state index contributed by atoms with van der Waals surface area (Å²) in [6, 6.07) is 21.3. The van der Waals surface area contributed by atoms with E-state index in [0.29, 0.717) is 18.7 Å². The summed E-state index contributed by atoms with van der Waals surface area (Å²) in [4.78, 5) is 16.6. The van der Waals surface area contributed by atoms with E-state index in [9.17, 15) is 18.0 Å². The van der Waals surface area contributed by atoms with Crippen molar-refractivity contribution in [2.75, 3.05) is 0 Å². The fraction of sp³-hybridized carbons (Fsp3) is 0.276. The van der Waals surface area contributed by atoms with Gasteiger partial charge in [-0.05, 0) is 65.2 Å². The molecule has 2 atom stereocenters. The molecule has 1 fully saturated rings. The molecule has 5 rings (SSSR count). The molecule has 0 aliphatic heterocycles. The van der Waals surface area contributed by atoms with Crippen molar-refractivity contribution >= 4 is 28.6 Å². The number of alkyl halides is 3. The normalized spacial score (nSPS) is 17.7. The van der Waals surface area contributed by atoms with E-state index in [1.165, 1.54) is 21.9 Å². The SMILES string of the molecule is O=C(NCc1ccc(-c2cccs2)s1)[C@H]1CCC[C@@H]1NCc1ccc(-c2cccc(C(F)(F)F)c2)cc1. The lowest BCUT2D eigenvalue weighted by molar-refractivity contribution is -0.137. The number of carbonyl (C=O) groups is 1. The van der Waals surface area contributed by atoms with Crippen molar-refractivity contribution in [3.05, 3.63) is 94.2 Å². The third-order valence-corrected chi connectivity index (χ3v) is 8.91. The van der Waals surface area contributed by atoms with Crippen molar-refractivity contribution < 1.29 is 18.0 Å². The van der Waals surface area contributed by atoms with Crippen LogP contribution in [0.3, 0.4) is 0 Å². The first-order valence-corrected chi connectivity index (χ1v) is 14.0. The molecule has 192 valence electrons. The highest BCUT2D eigenvalue weighted by atomic mass is 32.1. The predicted octanol–water partition coefficient (Wildman–Crippen LogP) is 7.74. The van der Waals surface area contributed by atoms with Gasteiger partial charge < -0.3 is 10.6 Å². The summed E-state index contributed by atoms with van der Waals surface area (Å²) in [6.45, 7) is 1.14. The van der Waals surface area contributed by atoms with Gasteiger partial charge in [-0.2, -0.15) is 13.2 Å². The summed E-state index contributed by atoms with van der Waals surface area (Å²) in [5.74, 6) is 0.0158. The number of carbonyl (C=O) groups excluding carboxylic acids is 1. The maximum absolute atomic E-state index is 13.0. The smallest absolute Gasteiger partial charge is 0.351 e. The van der Waals surface area contributed by atoms with E-state index in [1.807, 2.05) is 30.3 Å². The van der Waals surface area contributed by atoms with Crippen molar-refractivity contribution in [3.8, 4) is 20.9 Å². The van der Waals surface area contributed by atoms with Gasteiger partial charge in [0.2, 0.25) is 5.91 Å². The molecule has 1 aliphatic rings. The molecule has 2 aromatic carbocycles. The number of hydrogen-bond acceptors (Lipinski definition) is 4. The van der Waals surface area contributed by atoms with Gasteiger partial charge in [-0.15, -0.1) is 22.7 Å². The average Bonchev–Trinajstić information content (AvgIpc) is 3.68. The second-order valence-corrected chi connectivity index (χ2v) is 11.4. The Morgan fingerprint density at radius 1 is 0.892 bits per heavy atom. The fourth-order valence-electron chi connectivity index (χ4n) is 4.79. The van der Waals surface area contributed by atoms with Crippen LogP contribution in [0.5, 0.6) is 0 Å². The van der Waals surface area contributed by atoms with Crippen LogP contribution in [0.4, 0.5) is 13.2 Å². The molecule has 8 heteroatoms. The van der Waals surface area contributed by atoms with Gasteiger partial charge in [0.15, 0.2) is 0 Å². The molecule has 0 bridgehead atoms. The number of halogens is 3. The highest BCUT2D eigenvalue weighted by Crippen LogP contribution is 2.33. The molecule has 0 saturated heterocycles. The molecule has 0 spiro atoms. The van der Waals surface area contributed by atoms with Crippen molar-refractivity contribution in [2.45, 2.75) is 44.6 Å². The Labute approximate surface area is 222 Å². The molecule has 0 radical (unpaired) electrons. The van der Waals surface area contributed by atoms with E-state index in [4.69, 9.17) is 0 Å². The third-order valence-electron chi connectivity index (χ3n) is 6.76. The molecule has 2 N–H and O–H groups in total. The first kappa shape index (κ1) is 25.7. The van der Waals surface area contributed by atoms with Gasteiger partial charge in [0.05, 0.1) is 18.0 Å². The zero-order valence-electron chi connectivity index (χ0n) is 20.1. The minimum Gasteiger partial charge on any atom is -0.351 e. The molecular formula is C29H27F3N2OS2. The predicted molar refractivity (Wildman–Crippen MR) is 144 cm³/mol. The Hall–Kier alpha value is -2.94. The molecule has 37 heavy (non-hydrogen) atoms. The van der Waals surface area contributed by atoms with Gasteiger partial charge in [-0.1, -0.05) is 48.9 Å². The first-order chi connectivity index (χ1) is 17.9. The van der Waals surface area contributed by atoms with Crippen LogP contribution in [-0.2, 0) is 24.1 Å². The van der Waals surface area contributed by atoms with Crippen molar-refractivity contribution in [3.63, 3.8) is 0 Å². The summed E-state index contributed by atoms with van der Waals surface area (Å²) < 4.78 is 39.1. The number of thiophene rings is 2. The van der Waals surface area contributed by atoms with Crippen LogP contribution in [0.15, 0.2) is 78.2 Å².